The zero-order valence-electron chi connectivity index (χ0n) is 51.2. The molecule has 12 heterocycles. The molecule has 12 aromatic rings. The lowest BCUT2D eigenvalue weighted by Crippen LogP contribution is -2.18. The second kappa shape index (κ2) is 36.8. The first kappa shape index (κ1) is 73.1. The SMILES string of the molecule is CC(N)=S.CO.COC(=O)C(=O)Cl.COC(=O)C(=O)c1c[nH]c2c(-n3cnc(C)n3)ncc(OC)c12.COc1cnc(-n2cnc(C)n2)c2[nH]ccc12.COc1cnc(-n2ncnc2C)c2[nH]ccc12.COc1cnc(Cl)c2[nH]ccc12.Cc1ncn[nH]1.NNC=O. The first-order valence-electron chi connectivity index (χ1n) is 25.9. The van der Waals surface area contributed by atoms with E-state index in [4.69, 9.17) is 46.2 Å². The van der Waals surface area contributed by atoms with Crippen LogP contribution in [0.25, 0.3) is 61.1 Å². The molecule has 0 aromatic carbocycles. The summed E-state index contributed by atoms with van der Waals surface area (Å²) in [6.45, 7) is 9.00. The number of aliphatic hydroxyl groups is 1. The fraction of sp³-hybridized carbons (Fsp3) is 0.222. The zero-order valence-corrected chi connectivity index (χ0v) is 53.5. The van der Waals surface area contributed by atoms with Crippen LogP contribution in [0, 0.1) is 27.7 Å². The molecule has 12 aromatic heterocycles. The van der Waals surface area contributed by atoms with Gasteiger partial charge in [-0.15, -0.1) is 0 Å². The Morgan fingerprint density at radius 2 is 1.08 bits per heavy atom. The predicted octanol–water partition coefficient (Wildman–Crippen LogP) is 4.51. The molecule has 0 aliphatic carbocycles. The van der Waals surface area contributed by atoms with E-state index in [0.29, 0.717) is 56.5 Å². The number of hydrogen-bond acceptors (Lipinski definition) is 26. The summed E-state index contributed by atoms with van der Waals surface area (Å²) in [4.78, 5) is 97.8. The van der Waals surface area contributed by atoms with Crippen LogP contribution in [-0.2, 0) is 28.7 Å². The number of methoxy groups -OCH3 is 6. The molecule has 0 fully saturated rings. The number of Topliss-reactive ketones (excluding diaryl/α,β-unsaturated/α-hetero) is 1. The molecular formula is C54H63Cl2N23O12S. The number of pyridine rings is 4. The Hall–Kier alpha value is -11.3. The molecule has 12 rings (SSSR count). The summed E-state index contributed by atoms with van der Waals surface area (Å²) in [6.07, 6.45) is 19.9. The number of halogens is 2. The number of ketones is 1. The van der Waals surface area contributed by atoms with Crippen molar-refractivity contribution in [2.75, 3.05) is 49.8 Å². The van der Waals surface area contributed by atoms with E-state index in [1.807, 2.05) is 51.4 Å². The first-order valence-corrected chi connectivity index (χ1v) is 27.1. The van der Waals surface area contributed by atoms with Gasteiger partial charge in [-0.05, 0) is 64.4 Å². The van der Waals surface area contributed by atoms with Gasteiger partial charge in [0.05, 0.1) is 105 Å². The minimum Gasteiger partial charge on any atom is -0.494 e. The molecule has 0 bridgehead atoms. The molecule has 1 amide bonds. The largest absolute Gasteiger partial charge is 0.494 e. The van der Waals surface area contributed by atoms with Crippen LogP contribution < -0.4 is 35.9 Å². The van der Waals surface area contributed by atoms with Crippen molar-refractivity contribution < 1.29 is 57.5 Å². The highest BCUT2D eigenvalue weighted by Gasteiger charge is 2.25. The number of aromatic nitrogens is 20. The van der Waals surface area contributed by atoms with Gasteiger partial charge in [0.2, 0.25) is 6.41 Å². The van der Waals surface area contributed by atoms with Crippen LogP contribution in [0.5, 0.6) is 23.0 Å². The van der Waals surface area contributed by atoms with Crippen molar-refractivity contribution in [1.82, 2.24) is 105 Å². The number of ether oxygens (including phenoxy) is 6. The van der Waals surface area contributed by atoms with Gasteiger partial charge >= 0.3 is 17.2 Å². The van der Waals surface area contributed by atoms with Crippen LogP contribution in [0.1, 0.15) is 40.6 Å². The Bertz CT molecular complexity index is 4320. The second-order valence-electron chi connectivity index (χ2n) is 17.1. The monoisotopic (exact) mass is 1330 g/mol. The number of nitrogens with zero attached hydrogens (tertiary/aromatic N) is 15. The molecular weight excluding hydrogens is 1270 g/mol. The van der Waals surface area contributed by atoms with Crippen molar-refractivity contribution in [1.29, 1.82) is 0 Å². The minimum absolute atomic E-state index is 0.143. The van der Waals surface area contributed by atoms with Crippen LogP contribution in [-0.4, -0.2) is 189 Å². The highest BCUT2D eigenvalue weighted by molar-refractivity contribution is 7.80. The van der Waals surface area contributed by atoms with Crippen LogP contribution in [0.4, 0.5) is 0 Å². The Morgan fingerprint density at radius 1 is 0.630 bits per heavy atom. The normalized spacial score (nSPS) is 9.83. The Labute approximate surface area is 536 Å². The van der Waals surface area contributed by atoms with E-state index in [9.17, 15) is 19.2 Å². The van der Waals surface area contributed by atoms with Crippen LogP contribution in [0.3, 0.4) is 0 Å². The molecule has 0 saturated heterocycles. The summed E-state index contributed by atoms with van der Waals surface area (Å²) in [5.74, 6) is 9.02. The molecule has 486 valence electrons. The summed E-state index contributed by atoms with van der Waals surface area (Å²) in [7, 11) is 9.55. The number of esters is 2. The fourth-order valence-electron chi connectivity index (χ4n) is 7.41. The highest BCUT2D eigenvalue weighted by Crippen LogP contribution is 2.33. The number of nitrogens with two attached hydrogens (primary N) is 2. The number of H-pyrrole nitrogens is 5. The molecule has 92 heavy (non-hydrogen) atoms. The summed E-state index contributed by atoms with van der Waals surface area (Å²) < 4.78 is 34.1. The fourth-order valence-corrected chi connectivity index (χ4v) is 7.69. The number of thiocarbonyl (C=S) groups is 1. The minimum atomic E-state index is -1.09. The summed E-state index contributed by atoms with van der Waals surface area (Å²) in [6, 6.07) is 5.80. The maximum Gasteiger partial charge on any atom is 0.391 e. The van der Waals surface area contributed by atoms with Gasteiger partial charge in [-0.2, -0.15) is 25.1 Å². The van der Waals surface area contributed by atoms with Gasteiger partial charge in [0.25, 0.3) is 5.78 Å². The maximum atomic E-state index is 12.2. The van der Waals surface area contributed by atoms with Gasteiger partial charge in [0.1, 0.15) is 71.6 Å². The Morgan fingerprint density at radius 3 is 1.46 bits per heavy atom. The van der Waals surface area contributed by atoms with E-state index in [-0.39, 0.29) is 5.56 Å². The number of carbonyl (C=O) groups is 5. The topological polar surface area (TPSA) is 473 Å². The van der Waals surface area contributed by atoms with Gasteiger partial charge in [0.15, 0.2) is 22.6 Å². The lowest BCUT2D eigenvalue weighted by atomic mass is 10.1. The lowest BCUT2D eigenvalue weighted by Gasteiger charge is -2.07. The van der Waals surface area contributed by atoms with E-state index in [1.165, 1.54) is 43.2 Å². The Kier molecular flexibility index (Phi) is 29.3. The number of aryl methyl sites for hydroxylation is 4. The molecule has 0 unspecified atom stereocenters. The number of carbonyl (C=O) groups excluding carboxylic acids is 5. The number of nitrogens with one attached hydrogen (secondary N) is 6. The third-order valence-electron chi connectivity index (χ3n) is 11.3. The van der Waals surface area contributed by atoms with E-state index < -0.39 is 23.0 Å². The zero-order chi connectivity index (χ0) is 68.0. The molecule has 0 atom stereocenters. The maximum absolute atomic E-state index is 12.2. The summed E-state index contributed by atoms with van der Waals surface area (Å²) in [5.41, 5.74) is 9.82. The van der Waals surface area contributed by atoms with E-state index >= 15 is 0 Å². The molecule has 35 nitrogen and oxygen atoms in total. The molecule has 0 aliphatic heterocycles. The van der Waals surface area contributed by atoms with Gasteiger partial charge in [-0.25, -0.2) is 64.7 Å². The van der Waals surface area contributed by atoms with Crippen molar-refractivity contribution in [2.45, 2.75) is 34.6 Å². The molecule has 0 radical (unpaired) electrons. The molecule has 38 heteroatoms. The predicted molar refractivity (Wildman–Crippen MR) is 339 cm³/mol. The Balaban J connectivity index is 0.000000238. The van der Waals surface area contributed by atoms with Crippen molar-refractivity contribution in [3.8, 4) is 40.5 Å². The van der Waals surface area contributed by atoms with Crippen molar-refractivity contribution in [3.05, 3.63) is 127 Å². The summed E-state index contributed by atoms with van der Waals surface area (Å²) >= 11 is 14.8. The number of hydrogen-bond donors (Lipinski definition) is 9. The summed E-state index contributed by atoms with van der Waals surface area (Å²) in [5, 5.41) is 28.5. The first-order chi connectivity index (χ1) is 44.2. The van der Waals surface area contributed by atoms with E-state index in [1.54, 1.807) is 81.1 Å². The molecule has 0 aliphatic rings. The number of amides is 1. The smallest absolute Gasteiger partial charge is 0.391 e. The van der Waals surface area contributed by atoms with Crippen molar-refractivity contribution >= 4 is 113 Å². The second-order valence-corrected chi connectivity index (χ2v) is 18.4. The third kappa shape index (κ3) is 19.6. The molecule has 0 saturated carbocycles. The molecule has 11 N–H and O–H groups in total. The van der Waals surface area contributed by atoms with Crippen LogP contribution >= 0.6 is 35.4 Å². The van der Waals surface area contributed by atoms with Gasteiger partial charge in [0, 0.05) is 48.1 Å². The average molecular weight is 1330 g/mol. The van der Waals surface area contributed by atoms with Gasteiger partial charge < -0.3 is 59.2 Å². The number of hydrazine groups is 1. The number of fused-ring (bicyclic) bond motifs is 4. The lowest BCUT2D eigenvalue weighted by molar-refractivity contribution is -0.148. The van der Waals surface area contributed by atoms with Crippen LogP contribution in [0.15, 0.2) is 93.1 Å². The average Bonchev–Trinajstić information content (AvgIpc) is 1.59. The third-order valence-corrected chi connectivity index (χ3v) is 11.7. The number of aromatic amines is 5. The number of rotatable bonds is 11. The quantitative estimate of drug-likeness (QED) is 0.00822. The van der Waals surface area contributed by atoms with Crippen molar-refractivity contribution in [2.24, 2.45) is 11.6 Å². The highest BCUT2D eigenvalue weighted by atomic mass is 35.5. The van der Waals surface area contributed by atoms with Gasteiger partial charge in [-0.1, -0.05) is 23.8 Å². The van der Waals surface area contributed by atoms with Gasteiger partial charge in [-0.3, -0.25) is 24.9 Å². The van der Waals surface area contributed by atoms with E-state index in [2.05, 4.69) is 124 Å². The van der Waals surface area contributed by atoms with E-state index in [0.717, 1.165) is 88.8 Å². The van der Waals surface area contributed by atoms with Crippen molar-refractivity contribution in [3.63, 3.8) is 0 Å². The van der Waals surface area contributed by atoms with Crippen LogP contribution in [0.2, 0.25) is 5.15 Å². The molecule has 0 spiro atoms. The standard InChI is InChI=1S/C14H13N5O4.2C11H11N5O.C8H7ClN2O.C3H3ClO3.C3H5N3.C2H5NS.CH4N2O.CH4O/c1-7-17-6-19(18-7)13-11-10(9(22-2)5-16-13)8(4-15-11)12(20)14(21)23-3;1-7-14-6-16(15-7)11-10-8(3-4-12-10)9(17-2)5-13-11;1-7-14-6-15-16(7)11-10-8(3-4-12-10)9(17-2)5-13-11;1-12-6-4-11-8(9)7-5(6)2-3-10-7;1-7-3(6)2(4)5;1-3-4-2-5-6-3;1-2(3)4;2-3-1-4;1-2/h4-6,15H,1-3H3;2*3-6,12H,1-2H3;2-4,10H,1H3;1H3;2H,1H3,(H,4,5,6);1H3,(H2,3,4);1H,2H2,(H,3,4);2H,1H3. The number of aliphatic hydroxyl groups excluding tert-OH is 1.